The first-order valence-electron chi connectivity index (χ1n) is 4.75. The molecule has 0 fully saturated rings. The third kappa shape index (κ3) is 2.64. The van der Waals surface area contributed by atoms with Crippen LogP contribution in [0.4, 0.5) is 0 Å². The molecule has 0 saturated carbocycles. The Labute approximate surface area is 116 Å². The van der Waals surface area contributed by atoms with E-state index in [1.54, 1.807) is 6.26 Å². The van der Waals surface area contributed by atoms with E-state index in [4.69, 9.17) is 4.42 Å². The molecular weight excluding hydrogens is 383 g/mol. The van der Waals surface area contributed by atoms with Crippen molar-refractivity contribution in [3.63, 3.8) is 0 Å². The van der Waals surface area contributed by atoms with Gasteiger partial charge >= 0.3 is 0 Å². The summed E-state index contributed by atoms with van der Waals surface area (Å²) < 4.78 is 7.60. The van der Waals surface area contributed by atoms with Gasteiger partial charge in [0.05, 0.1) is 11.3 Å². The number of benzene rings is 1. The van der Waals surface area contributed by atoms with Crippen LogP contribution in [-0.2, 0) is 6.54 Å². The average Bonchev–Trinajstić information content (AvgIpc) is 2.71. The number of hydrogen-bond donors (Lipinski definition) is 1. The average molecular weight is 393 g/mol. The summed E-state index contributed by atoms with van der Waals surface area (Å²) in [7, 11) is 1.88. The van der Waals surface area contributed by atoms with Crippen molar-refractivity contribution >= 4 is 38.5 Å². The lowest BCUT2D eigenvalue weighted by molar-refractivity contribution is 0.571. The monoisotopic (exact) mass is 392 g/mol. The molecule has 84 valence electrons. The van der Waals surface area contributed by atoms with E-state index in [2.05, 4.69) is 48.8 Å². The highest BCUT2D eigenvalue weighted by molar-refractivity contribution is 14.1. The molecule has 0 atom stereocenters. The Balaban J connectivity index is 2.38. The Hall–Kier alpha value is -0.400. The fraction of sp³-hybridized carbons (Fsp3) is 0.182. The maximum atomic E-state index is 5.45. The molecule has 0 aliphatic heterocycles. The molecule has 5 heteroatoms. The normalized spacial score (nSPS) is 10.7. The molecule has 1 N–H and O–H groups in total. The standard InChI is InChI=1S/C11H10BrIN2O/c1-14-5-8-6-16-11(15-8)9-4-7(13)2-3-10(9)12/h2-4,6,14H,5H2,1H3. The Kier molecular flexibility index (Phi) is 3.99. The summed E-state index contributed by atoms with van der Waals surface area (Å²) in [5.41, 5.74) is 1.89. The van der Waals surface area contributed by atoms with Crippen molar-refractivity contribution in [2.24, 2.45) is 0 Å². The van der Waals surface area contributed by atoms with Crippen LogP contribution >= 0.6 is 38.5 Å². The SMILES string of the molecule is CNCc1coc(-c2cc(I)ccc2Br)n1. The van der Waals surface area contributed by atoms with Crippen molar-refractivity contribution in [2.45, 2.75) is 6.54 Å². The maximum absolute atomic E-state index is 5.45. The third-order valence-electron chi connectivity index (χ3n) is 2.07. The van der Waals surface area contributed by atoms with E-state index >= 15 is 0 Å². The van der Waals surface area contributed by atoms with Gasteiger partial charge in [0.2, 0.25) is 5.89 Å². The van der Waals surface area contributed by atoms with Crippen LogP contribution in [0.15, 0.2) is 33.4 Å². The molecule has 1 heterocycles. The third-order valence-corrected chi connectivity index (χ3v) is 3.43. The van der Waals surface area contributed by atoms with E-state index in [9.17, 15) is 0 Å². The van der Waals surface area contributed by atoms with Gasteiger partial charge in [-0.15, -0.1) is 0 Å². The molecule has 1 aromatic carbocycles. The first kappa shape index (κ1) is 12.1. The van der Waals surface area contributed by atoms with E-state index in [0.717, 1.165) is 19.3 Å². The molecule has 3 nitrogen and oxygen atoms in total. The van der Waals surface area contributed by atoms with E-state index in [0.29, 0.717) is 12.4 Å². The van der Waals surface area contributed by atoms with Gasteiger partial charge < -0.3 is 9.73 Å². The van der Waals surface area contributed by atoms with Gasteiger partial charge in [-0.1, -0.05) is 0 Å². The number of rotatable bonds is 3. The Morgan fingerprint density at radius 2 is 2.31 bits per heavy atom. The zero-order valence-corrected chi connectivity index (χ0v) is 12.4. The zero-order chi connectivity index (χ0) is 11.5. The molecule has 0 radical (unpaired) electrons. The van der Waals surface area contributed by atoms with E-state index in [-0.39, 0.29) is 0 Å². The second-order valence-corrected chi connectivity index (χ2v) is 5.40. The number of oxazole rings is 1. The number of nitrogens with zero attached hydrogens (tertiary/aromatic N) is 1. The molecule has 0 amide bonds. The highest BCUT2D eigenvalue weighted by atomic mass is 127. The quantitative estimate of drug-likeness (QED) is 0.813. The van der Waals surface area contributed by atoms with Gasteiger partial charge in [0.15, 0.2) is 0 Å². The molecule has 2 aromatic rings. The predicted octanol–water partition coefficient (Wildman–Crippen LogP) is 3.43. The topological polar surface area (TPSA) is 38.1 Å². The van der Waals surface area contributed by atoms with Crippen molar-refractivity contribution in [1.82, 2.24) is 10.3 Å². The molecule has 0 spiro atoms. The number of aromatic nitrogens is 1. The second-order valence-electron chi connectivity index (χ2n) is 3.30. The summed E-state index contributed by atoms with van der Waals surface area (Å²) in [6.45, 7) is 0.713. The van der Waals surface area contributed by atoms with Crippen molar-refractivity contribution in [3.8, 4) is 11.5 Å². The predicted molar refractivity (Wildman–Crippen MR) is 75.1 cm³/mol. The molecule has 0 unspecified atom stereocenters. The Morgan fingerprint density at radius 1 is 1.50 bits per heavy atom. The lowest BCUT2D eigenvalue weighted by Gasteiger charge is -2.00. The first-order chi connectivity index (χ1) is 7.70. The number of halogens is 2. The van der Waals surface area contributed by atoms with Crippen LogP contribution in [0, 0.1) is 3.57 Å². The second kappa shape index (κ2) is 5.29. The molecule has 2 rings (SSSR count). The van der Waals surface area contributed by atoms with Crippen LogP contribution in [0.25, 0.3) is 11.5 Å². The van der Waals surface area contributed by atoms with Gasteiger partial charge in [0, 0.05) is 14.6 Å². The van der Waals surface area contributed by atoms with Gasteiger partial charge in [-0.05, 0) is 63.8 Å². The summed E-state index contributed by atoms with van der Waals surface area (Å²) in [5, 5.41) is 3.04. The van der Waals surface area contributed by atoms with E-state index < -0.39 is 0 Å². The summed E-state index contributed by atoms with van der Waals surface area (Å²) >= 11 is 5.77. The molecule has 16 heavy (non-hydrogen) atoms. The maximum Gasteiger partial charge on any atom is 0.227 e. The van der Waals surface area contributed by atoms with E-state index in [1.165, 1.54) is 0 Å². The minimum atomic E-state index is 0.649. The summed E-state index contributed by atoms with van der Waals surface area (Å²) in [5.74, 6) is 0.649. The lowest BCUT2D eigenvalue weighted by atomic mass is 10.2. The van der Waals surface area contributed by atoms with Crippen LogP contribution < -0.4 is 5.32 Å². The zero-order valence-electron chi connectivity index (χ0n) is 8.63. The van der Waals surface area contributed by atoms with Crippen LogP contribution in [0.3, 0.4) is 0 Å². The minimum absolute atomic E-state index is 0.649. The van der Waals surface area contributed by atoms with Crippen molar-refractivity contribution in [3.05, 3.63) is 38.2 Å². The largest absolute Gasteiger partial charge is 0.444 e. The van der Waals surface area contributed by atoms with Gasteiger partial charge in [0.1, 0.15) is 6.26 Å². The number of nitrogens with one attached hydrogen (secondary N) is 1. The highest BCUT2D eigenvalue weighted by Crippen LogP contribution is 2.29. The minimum Gasteiger partial charge on any atom is -0.444 e. The summed E-state index contributed by atoms with van der Waals surface area (Å²) in [6, 6.07) is 6.07. The van der Waals surface area contributed by atoms with Crippen molar-refractivity contribution in [1.29, 1.82) is 0 Å². The molecule has 1 aromatic heterocycles. The van der Waals surface area contributed by atoms with E-state index in [1.807, 2.05) is 25.2 Å². The molecule has 0 saturated heterocycles. The fourth-order valence-electron chi connectivity index (χ4n) is 1.35. The summed E-state index contributed by atoms with van der Waals surface area (Å²) in [4.78, 5) is 4.41. The van der Waals surface area contributed by atoms with Crippen LogP contribution in [0.1, 0.15) is 5.69 Å². The van der Waals surface area contributed by atoms with Gasteiger partial charge in [-0.2, -0.15) is 0 Å². The molecular formula is C11H10BrIN2O. The fourth-order valence-corrected chi connectivity index (χ4v) is 2.26. The summed E-state index contributed by atoms with van der Waals surface area (Å²) in [6.07, 6.45) is 1.68. The van der Waals surface area contributed by atoms with Gasteiger partial charge in [0.25, 0.3) is 0 Å². The van der Waals surface area contributed by atoms with Crippen LogP contribution in [0.2, 0.25) is 0 Å². The smallest absolute Gasteiger partial charge is 0.227 e. The number of hydrogen-bond acceptors (Lipinski definition) is 3. The van der Waals surface area contributed by atoms with Crippen molar-refractivity contribution in [2.75, 3.05) is 7.05 Å². The van der Waals surface area contributed by atoms with Gasteiger partial charge in [-0.25, -0.2) is 4.98 Å². The first-order valence-corrected chi connectivity index (χ1v) is 6.62. The van der Waals surface area contributed by atoms with Crippen LogP contribution in [-0.4, -0.2) is 12.0 Å². The van der Waals surface area contributed by atoms with Crippen LogP contribution in [0.5, 0.6) is 0 Å². The van der Waals surface area contributed by atoms with Crippen molar-refractivity contribution < 1.29 is 4.42 Å². The highest BCUT2D eigenvalue weighted by Gasteiger charge is 2.10. The molecule has 0 bridgehead atoms. The Bertz CT molecular complexity index is 498. The molecule has 0 aliphatic carbocycles. The Morgan fingerprint density at radius 3 is 3.06 bits per heavy atom. The lowest BCUT2D eigenvalue weighted by Crippen LogP contribution is -2.04. The van der Waals surface area contributed by atoms with Gasteiger partial charge in [-0.3, -0.25) is 0 Å². The molecule has 0 aliphatic rings.